The van der Waals surface area contributed by atoms with E-state index in [2.05, 4.69) is 9.80 Å². The number of β-amino-alcohol motifs (C(OH)–C–C–N with tert-alkyl or cyclic N) is 1. The van der Waals surface area contributed by atoms with Gasteiger partial charge < -0.3 is 20.0 Å². The van der Waals surface area contributed by atoms with Gasteiger partial charge in [-0.3, -0.25) is 9.69 Å². The van der Waals surface area contributed by atoms with E-state index in [0.717, 1.165) is 18.7 Å². The lowest BCUT2D eigenvalue weighted by atomic mass is 10.1. The first-order chi connectivity index (χ1) is 16.1. The highest BCUT2D eigenvalue weighted by Crippen LogP contribution is 2.28. The molecule has 7 nitrogen and oxygen atoms in total. The zero-order valence-electron chi connectivity index (χ0n) is 19.0. The van der Waals surface area contributed by atoms with Crippen molar-refractivity contribution in [1.29, 1.82) is 0 Å². The van der Waals surface area contributed by atoms with Gasteiger partial charge in [0.25, 0.3) is 5.91 Å². The quantitative estimate of drug-likeness (QED) is 0.512. The number of hydrogen-bond donors (Lipinski definition) is 2. The van der Waals surface area contributed by atoms with Crippen molar-refractivity contribution in [3.8, 4) is 0 Å². The van der Waals surface area contributed by atoms with E-state index < -0.39 is 18.0 Å². The van der Waals surface area contributed by atoms with Crippen molar-refractivity contribution in [2.45, 2.75) is 25.6 Å². The molecule has 0 aliphatic carbocycles. The molecule has 2 aromatic carbocycles. The number of amides is 1. The van der Waals surface area contributed by atoms with Crippen LogP contribution in [0.3, 0.4) is 0 Å². The summed E-state index contributed by atoms with van der Waals surface area (Å²) in [5.41, 5.74) is 0.900. The molecule has 0 aromatic heterocycles. The van der Waals surface area contributed by atoms with Gasteiger partial charge in [-0.2, -0.15) is 0 Å². The normalized spacial score (nSPS) is 18.2. The fourth-order valence-electron chi connectivity index (χ4n) is 4.20. The number of likely N-dealkylation sites (tertiary alicyclic amines) is 1. The molecule has 0 saturated carbocycles. The van der Waals surface area contributed by atoms with Crippen molar-refractivity contribution in [3.05, 3.63) is 68.2 Å². The number of carboxylic acids is 1. The lowest BCUT2D eigenvalue weighted by Crippen LogP contribution is -2.46. The Kier molecular flexibility index (Phi) is 9.20. The highest BCUT2D eigenvalue weighted by atomic mass is 35.5. The second-order valence-corrected chi connectivity index (χ2v) is 9.71. The van der Waals surface area contributed by atoms with E-state index in [1.165, 1.54) is 17.0 Å². The molecule has 0 bridgehead atoms. The Morgan fingerprint density at radius 1 is 1.03 bits per heavy atom. The first-order valence-electron chi connectivity index (χ1n) is 11.0. The summed E-state index contributed by atoms with van der Waals surface area (Å²) < 4.78 is 0. The number of carbonyl (C=O) groups is 2. The summed E-state index contributed by atoms with van der Waals surface area (Å²) in [5, 5.41) is 21.1. The van der Waals surface area contributed by atoms with Gasteiger partial charge in [-0.25, -0.2) is 4.79 Å². The van der Waals surface area contributed by atoms with Gasteiger partial charge in [0.2, 0.25) is 0 Å². The van der Waals surface area contributed by atoms with Crippen LogP contribution in [-0.2, 0) is 6.54 Å². The lowest BCUT2D eigenvalue weighted by molar-refractivity contribution is 0.0678. The Morgan fingerprint density at radius 3 is 2.24 bits per heavy atom. The Hall–Kier alpha value is -1.87. The smallest absolute Gasteiger partial charge is 0.336 e. The summed E-state index contributed by atoms with van der Waals surface area (Å²) in [6.07, 6.45) is -0.749. The van der Waals surface area contributed by atoms with Crippen molar-refractivity contribution in [3.63, 3.8) is 0 Å². The number of carbonyl (C=O) groups excluding carboxylic acids is 1. The molecular weight excluding hydrogens is 501 g/mol. The monoisotopic (exact) mass is 527 g/mol. The second-order valence-electron chi connectivity index (χ2n) is 8.45. The third-order valence-electron chi connectivity index (χ3n) is 6.08. The van der Waals surface area contributed by atoms with Gasteiger partial charge in [-0.1, -0.05) is 53.9 Å². The predicted molar refractivity (Wildman–Crippen MR) is 134 cm³/mol. The molecule has 1 aliphatic heterocycles. The largest absolute Gasteiger partial charge is 0.478 e. The number of benzene rings is 2. The van der Waals surface area contributed by atoms with Crippen LogP contribution in [0.5, 0.6) is 0 Å². The minimum Gasteiger partial charge on any atom is -0.478 e. The van der Waals surface area contributed by atoms with Crippen molar-refractivity contribution in [2.75, 3.05) is 39.8 Å². The van der Waals surface area contributed by atoms with E-state index in [4.69, 9.17) is 34.8 Å². The maximum Gasteiger partial charge on any atom is 0.336 e. The summed E-state index contributed by atoms with van der Waals surface area (Å²) in [6.45, 7) is 5.35. The highest BCUT2D eigenvalue weighted by Gasteiger charge is 2.38. The van der Waals surface area contributed by atoms with E-state index in [1.807, 2.05) is 38.2 Å². The van der Waals surface area contributed by atoms with E-state index >= 15 is 0 Å². The van der Waals surface area contributed by atoms with Crippen LogP contribution < -0.4 is 0 Å². The van der Waals surface area contributed by atoms with Gasteiger partial charge >= 0.3 is 5.97 Å². The Bertz CT molecular complexity index is 1030. The molecule has 3 rings (SSSR count). The molecular formula is C24H28Cl3N3O4. The number of carboxylic acid groups (broad SMARTS) is 1. The molecule has 1 amide bonds. The summed E-state index contributed by atoms with van der Waals surface area (Å²) in [6, 6.07) is 9.93. The molecule has 2 N–H and O–H groups in total. The summed E-state index contributed by atoms with van der Waals surface area (Å²) in [5.74, 6) is -1.76. The van der Waals surface area contributed by atoms with Gasteiger partial charge in [-0.05, 0) is 43.4 Å². The molecule has 0 radical (unpaired) electrons. The van der Waals surface area contributed by atoms with Crippen LogP contribution in [-0.4, -0.2) is 88.7 Å². The van der Waals surface area contributed by atoms with E-state index in [0.29, 0.717) is 18.1 Å². The fourth-order valence-corrected chi connectivity index (χ4v) is 4.66. The number of aromatic carboxylic acids is 1. The van der Waals surface area contributed by atoms with Crippen LogP contribution >= 0.6 is 34.8 Å². The van der Waals surface area contributed by atoms with E-state index in [1.54, 1.807) is 0 Å². The molecule has 2 aromatic rings. The van der Waals surface area contributed by atoms with Crippen molar-refractivity contribution < 1.29 is 19.8 Å². The maximum atomic E-state index is 13.1. The van der Waals surface area contributed by atoms with Gasteiger partial charge in [0.05, 0.1) is 33.3 Å². The Labute approximate surface area is 214 Å². The van der Waals surface area contributed by atoms with E-state index in [9.17, 15) is 19.8 Å². The molecule has 184 valence electrons. The van der Waals surface area contributed by atoms with Gasteiger partial charge in [0.1, 0.15) is 0 Å². The number of halogens is 3. The summed E-state index contributed by atoms with van der Waals surface area (Å²) >= 11 is 17.9. The van der Waals surface area contributed by atoms with Crippen molar-refractivity contribution >= 4 is 46.7 Å². The van der Waals surface area contributed by atoms with Gasteiger partial charge in [0.15, 0.2) is 0 Å². The molecule has 2 atom stereocenters. The van der Waals surface area contributed by atoms with Crippen LogP contribution in [0.15, 0.2) is 36.4 Å². The molecule has 0 spiro atoms. The SMILES string of the molecule is CCN(CCN(C)Cc1ccc(Cl)cc1)[C@@H]1CN(C(=O)c2cc(Cl)c(Cl)cc2C(=O)O)C[C@H]1O. The van der Waals surface area contributed by atoms with Crippen LogP contribution in [0.2, 0.25) is 15.1 Å². The minimum absolute atomic E-state index is 0.0412. The molecule has 1 fully saturated rings. The first-order valence-corrected chi connectivity index (χ1v) is 12.1. The Morgan fingerprint density at radius 2 is 1.65 bits per heavy atom. The zero-order chi connectivity index (χ0) is 25.0. The topological polar surface area (TPSA) is 84.3 Å². The number of rotatable bonds is 9. The molecule has 1 heterocycles. The van der Waals surface area contributed by atoms with Gasteiger partial charge in [-0.15, -0.1) is 0 Å². The number of likely N-dealkylation sites (N-methyl/N-ethyl adjacent to an activating group) is 2. The van der Waals surface area contributed by atoms with Crippen molar-refractivity contribution in [2.24, 2.45) is 0 Å². The number of aliphatic hydroxyl groups is 1. The van der Waals surface area contributed by atoms with Crippen LogP contribution in [0.1, 0.15) is 33.2 Å². The van der Waals surface area contributed by atoms with Crippen LogP contribution in [0, 0.1) is 0 Å². The lowest BCUT2D eigenvalue weighted by Gasteiger charge is -2.31. The average Bonchev–Trinajstić information content (AvgIpc) is 3.18. The predicted octanol–water partition coefficient (Wildman–Crippen LogP) is 3.98. The number of nitrogens with zero attached hydrogens (tertiary/aromatic N) is 3. The van der Waals surface area contributed by atoms with Gasteiger partial charge in [0, 0.05) is 37.7 Å². The molecule has 34 heavy (non-hydrogen) atoms. The molecule has 1 aliphatic rings. The molecule has 0 unspecified atom stereocenters. The van der Waals surface area contributed by atoms with Crippen molar-refractivity contribution in [1.82, 2.24) is 14.7 Å². The summed E-state index contributed by atoms with van der Waals surface area (Å²) in [4.78, 5) is 30.6. The maximum absolute atomic E-state index is 13.1. The Balaban J connectivity index is 1.65. The number of aliphatic hydroxyl groups excluding tert-OH is 1. The fraction of sp³-hybridized carbons (Fsp3) is 0.417. The first kappa shape index (κ1) is 26.7. The average molecular weight is 529 g/mol. The number of hydrogen-bond acceptors (Lipinski definition) is 5. The zero-order valence-corrected chi connectivity index (χ0v) is 21.3. The molecule has 1 saturated heterocycles. The van der Waals surface area contributed by atoms with Crippen LogP contribution in [0.4, 0.5) is 0 Å². The van der Waals surface area contributed by atoms with Crippen LogP contribution in [0.25, 0.3) is 0 Å². The summed E-state index contributed by atoms with van der Waals surface area (Å²) in [7, 11) is 2.03. The third kappa shape index (κ3) is 6.42. The second kappa shape index (κ2) is 11.7. The highest BCUT2D eigenvalue weighted by molar-refractivity contribution is 6.42. The molecule has 10 heteroatoms. The minimum atomic E-state index is -1.27. The third-order valence-corrected chi connectivity index (χ3v) is 7.05. The standard InChI is InChI=1S/C24H28Cl3N3O4/c1-3-29(9-8-28(2)12-15-4-6-16(25)7-5-15)21-13-30(14-22(21)31)23(32)17-10-19(26)20(27)11-18(17)24(33)34/h4-7,10-11,21-22,31H,3,8-9,12-14H2,1-2H3,(H,33,34)/t21-,22-/m1/s1. The van der Waals surface area contributed by atoms with E-state index in [-0.39, 0.29) is 40.3 Å².